The van der Waals surface area contributed by atoms with E-state index in [-0.39, 0.29) is 6.04 Å². The van der Waals surface area contributed by atoms with E-state index in [9.17, 15) is 0 Å². The van der Waals surface area contributed by atoms with E-state index in [1.54, 1.807) is 11.3 Å². The maximum absolute atomic E-state index is 6.45. The van der Waals surface area contributed by atoms with Crippen molar-refractivity contribution in [2.45, 2.75) is 13.0 Å². The van der Waals surface area contributed by atoms with Crippen LogP contribution in [0.25, 0.3) is 10.1 Å². The van der Waals surface area contributed by atoms with E-state index in [1.807, 2.05) is 25.1 Å². The SMILES string of the molecule is Cc1cc(Cl)cc(C(N)c2csc3c(Br)cccc23)c1. The number of nitrogens with two attached hydrogens (primary N) is 1. The highest BCUT2D eigenvalue weighted by molar-refractivity contribution is 9.10. The molecule has 0 fully saturated rings. The summed E-state index contributed by atoms with van der Waals surface area (Å²) >= 11 is 11.4. The van der Waals surface area contributed by atoms with Gasteiger partial charge in [0.15, 0.2) is 0 Å². The molecule has 3 aromatic rings. The highest BCUT2D eigenvalue weighted by Crippen LogP contribution is 2.36. The summed E-state index contributed by atoms with van der Waals surface area (Å²) in [5.74, 6) is 0. The van der Waals surface area contributed by atoms with Crippen molar-refractivity contribution in [2.24, 2.45) is 5.73 Å². The van der Waals surface area contributed by atoms with Crippen LogP contribution in [-0.2, 0) is 0 Å². The van der Waals surface area contributed by atoms with Gasteiger partial charge in [-0.05, 0) is 68.5 Å². The fourth-order valence-electron chi connectivity index (χ4n) is 2.41. The van der Waals surface area contributed by atoms with Crippen molar-refractivity contribution >= 4 is 49.0 Å². The van der Waals surface area contributed by atoms with E-state index in [0.29, 0.717) is 0 Å². The molecule has 3 rings (SSSR count). The molecule has 0 amide bonds. The van der Waals surface area contributed by atoms with Crippen molar-refractivity contribution in [1.82, 2.24) is 0 Å². The maximum atomic E-state index is 6.45. The van der Waals surface area contributed by atoms with Crippen LogP contribution in [0.4, 0.5) is 0 Å². The van der Waals surface area contributed by atoms with Gasteiger partial charge in [-0.3, -0.25) is 0 Å². The second-order valence-corrected chi connectivity index (χ2v) is 7.02. The number of benzene rings is 2. The quantitative estimate of drug-likeness (QED) is 0.621. The van der Waals surface area contributed by atoms with Crippen molar-refractivity contribution in [1.29, 1.82) is 0 Å². The van der Waals surface area contributed by atoms with Gasteiger partial charge in [-0.25, -0.2) is 0 Å². The van der Waals surface area contributed by atoms with Crippen LogP contribution in [0.15, 0.2) is 46.3 Å². The van der Waals surface area contributed by atoms with Gasteiger partial charge in [-0.2, -0.15) is 0 Å². The molecule has 2 N–H and O–H groups in total. The standard InChI is InChI=1S/C16H13BrClNS/c1-9-5-10(7-11(18)6-9)15(19)13-8-20-16-12(13)3-2-4-14(16)17/h2-8,15H,19H2,1H3. The summed E-state index contributed by atoms with van der Waals surface area (Å²) in [7, 11) is 0. The lowest BCUT2D eigenvalue weighted by Crippen LogP contribution is -2.11. The van der Waals surface area contributed by atoms with Crippen LogP contribution in [0.2, 0.25) is 5.02 Å². The maximum Gasteiger partial charge on any atom is 0.0566 e. The van der Waals surface area contributed by atoms with Gasteiger partial charge in [0.2, 0.25) is 0 Å². The lowest BCUT2D eigenvalue weighted by atomic mass is 9.98. The van der Waals surface area contributed by atoms with Crippen LogP contribution in [-0.4, -0.2) is 0 Å². The molecular weight excluding hydrogens is 354 g/mol. The molecule has 4 heteroatoms. The second-order valence-electron chi connectivity index (χ2n) is 4.85. The molecule has 1 aromatic heterocycles. The average molecular weight is 367 g/mol. The Morgan fingerprint density at radius 1 is 1.25 bits per heavy atom. The number of halogens is 2. The van der Waals surface area contributed by atoms with Crippen LogP contribution < -0.4 is 5.73 Å². The zero-order valence-corrected chi connectivity index (χ0v) is 14.0. The number of aryl methyl sites for hydroxylation is 1. The summed E-state index contributed by atoms with van der Waals surface area (Å²) < 4.78 is 2.34. The molecule has 2 aromatic carbocycles. The average Bonchev–Trinajstić information content (AvgIpc) is 2.82. The number of rotatable bonds is 2. The number of fused-ring (bicyclic) bond motifs is 1. The van der Waals surface area contributed by atoms with Gasteiger partial charge in [0.05, 0.1) is 6.04 Å². The zero-order valence-electron chi connectivity index (χ0n) is 10.9. The predicted molar refractivity (Wildman–Crippen MR) is 91.7 cm³/mol. The topological polar surface area (TPSA) is 26.0 Å². The van der Waals surface area contributed by atoms with Crippen molar-refractivity contribution in [3.8, 4) is 0 Å². The van der Waals surface area contributed by atoms with E-state index < -0.39 is 0 Å². The molecule has 0 aliphatic carbocycles. The Morgan fingerprint density at radius 3 is 2.80 bits per heavy atom. The first-order valence-electron chi connectivity index (χ1n) is 6.24. The summed E-state index contributed by atoms with van der Waals surface area (Å²) in [6.07, 6.45) is 0. The highest BCUT2D eigenvalue weighted by Gasteiger charge is 2.15. The molecule has 0 radical (unpaired) electrons. The van der Waals surface area contributed by atoms with E-state index in [2.05, 4.69) is 39.5 Å². The minimum absolute atomic E-state index is 0.157. The van der Waals surface area contributed by atoms with Crippen LogP contribution in [0, 0.1) is 6.92 Å². The van der Waals surface area contributed by atoms with Gasteiger partial charge in [-0.1, -0.05) is 29.8 Å². The molecule has 102 valence electrons. The Hall–Kier alpha value is -0.870. The van der Waals surface area contributed by atoms with E-state index in [4.69, 9.17) is 17.3 Å². The zero-order chi connectivity index (χ0) is 14.3. The Kier molecular flexibility index (Phi) is 3.87. The summed E-state index contributed by atoms with van der Waals surface area (Å²) in [5.41, 5.74) is 9.77. The minimum atomic E-state index is -0.157. The van der Waals surface area contributed by atoms with E-state index >= 15 is 0 Å². The van der Waals surface area contributed by atoms with Crippen LogP contribution in [0.1, 0.15) is 22.7 Å². The third-order valence-corrected chi connectivity index (χ3v) is 5.53. The Bertz CT molecular complexity index is 761. The molecule has 0 saturated carbocycles. The molecule has 0 saturated heterocycles. The summed E-state index contributed by atoms with van der Waals surface area (Å²) in [6, 6.07) is 12.0. The Balaban J connectivity index is 2.13. The molecular formula is C16H13BrClNS. The molecule has 1 heterocycles. The lowest BCUT2D eigenvalue weighted by molar-refractivity contribution is 0.883. The molecule has 0 bridgehead atoms. The van der Waals surface area contributed by atoms with Crippen LogP contribution in [0.3, 0.4) is 0 Å². The van der Waals surface area contributed by atoms with Crippen molar-refractivity contribution < 1.29 is 0 Å². The van der Waals surface area contributed by atoms with Crippen molar-refractivity contribution in [3.05, 3.63) is 68.0 Å². The lowest BCUT2D eigenvalue weighted by Gasteiger charge is -2.13. The van der Waals surface area contributed by atoms with Crippen molar-refractivity contribution in [2.75, 3.05) is 0 Å². The smallest absolute Gasteiger partial charge is 0.0566 e. The number of hydrogen-bond donors (Lipinski definition) is 1. The monoisotopic (exact) mass is 365 g/mol. The largest absolute Gasteiger partial charge is 0.320 e. The van der Waals surface area contributed by atoms with Gasteiger partial charge < -0.3 is 5.73 Å². The first-order valence-corrected chi connectivity index (χ1v) is 8.29. The molecule has 0 aliphatic rings. The van der Waals surface area contributed by atoms with Gasteiger partial charge in [0, 0.05) is 14.2 Å². The second kappa shape index (κ2) is 5.49. The summed E-state index contributed by atoms with van der Waals surface area (Å²) in [6.45, 7) is 2.03. The molecule has 20 heavy (non-hydrogen) atoms. The van der Waals surface area contributed by atoms with Crippen molar-refractivity contribution in [3.63, 3.8) is 0 Å². The normalized spacial score (nSPS) is 12.8. The third-order valence-electron chi connectivity index (χ3n) is 3.34. The van der Waals surface area contributed by atoms with Gasteiger partial charge >= 0.3 is 0 Å². The predicted octanol–water partition coefficient (Wildman–Crippen LogP) is 5.67. The van der Waals surface area contributed by atoms with Gasteiger partial charge in [-0.15, -0.1) is 11.3 Å². The van der Waals surface area contributed by atoms with Gasteiger partial charge in [0.1, 0.15) is 0 Å². The number of thiophene rings is 1. The minimum Gasteiger partial charge on any atom is -0.320 e. The van der Waals surface area contributed by atoms with Crippen LogP contribution >= 0.6 is 38.9 Å². The van der Waals surface area contributed by atoms with E-state index in [0.717, 1.165) is 26.2 Å². The summed E-state index contributed by atoms with van der Waals surface area (Å²) in [5, 5.41) is 4.07. The molecule has 1 nitrogen and oxygen atoms in total. The molecule has 1 atom stereocenters. The molecule has 1 unspecified atom stereocenters. The first-order chi connectivity index (χ1) is 9.56. The Morgan fingerprint density at radius 2 is 2.05 bits per heavy atom. The Labute approximate surface area is 135 Å². The fourth-order valence-corrected chi connectivity index (χ4v) is 4.36. The molecule has 0 spiro atoms. The third kappa shape index (κ3) is 2.51. The highest BCUT2D eigenvalue weighted by atomic mass is 79.9. The number of hydrogen-bond acceptors (Lipinski definition) is 2. The van der Waals surface area contributed by atoms with Crippen LogP contribution in [0.5, 0.6) is 0 Å². The van der Waals surface area contributed by atoms with Gasteiger partial charge in [0.25, 0.3) is 0 Å². The fraction of sp³-hybridized carbons (Fsp3) is 0.125. The summed E-state index contributed by atoms with van der Waals surface area (Å²) in [4.78, 5) is 0. The first kappa shape index (κ1) is 14.1. The van der Waals surface area contributed by atoms with E-state index in [1.165, 1.54) is 10.1 Å². The molecule has 0 aliphatic heterocycles.